The summed E-state index contributed by atoms with van der Waals surface area (Å²) in [7, 11) is 0. The van der Waals surface area contributed by atoms with Crippen molar-refractivity contribution in [2.24, 2.45) is 0 Å². The summed E-state index contributed by atoms with van der Waals surface area (Å²) in [5.74, 6) is 0. The smallest absolute Gasteiger partial charge is 0.136 e. The molecule has 0 saturated carbocycles. The summed E-state index contributed by atoms with van der Waals surface area (Å²) in [6, 6.07) is 54.4. The summed E-state index contributed by atoms with van der Waals surface area (Å²) >= 11 is 1.85. The van der Waals surface area contributed by atoms with E-state index in [-0.39, 0.29) is 0 Å². The number of thiophene rings is 1. The highest BCUT2D eigenvalue weighted by Gasteiger charge is 2.21. The van der Waals surface area contributed by atoms with Gasteiger partial charge in [0.15, 0.2) is 0 Å². The summed E-state index contributed by atoms with van der Waals surface area (Å²) in [6.07, 6.45) is 0. The van der Waals surface area contributed by atoms with Crippen LogP contribution < -0.4 is 4.90 Å². The average molecular weight is 568 g/mol. The second-order valence-electron chi connectivity index (χ2n) is 10.9. The topological polar surface area (TPSA) is 16.4 Å². The SMILES string of the molecule is c1ccc(-c2ccccc2N(c2ccc3c(c2)sc2ccccc23)c2cccc3cc4oc5ccccc5c4cc23)cc1. The number of anilines is 3. The molecule has 0 unspecified atom stereocenters. The fourth-order valence-corrected chi connectivity index (χ4v) is 7.61. The molecule has 0 spiro atoms. The van der Waals surface area contributed by atoms with E-state index < -0.39 is 0 Å². The van der Waals surface area contributed by atoms with Crippen LogP contribution in [-0.4, -0.2) is 0 Å². The van der Waals surface area contributed by atoms with Crippen LogP contribution in [-0.2, 0) is 0 Å². The molecular weight excluding hydrogens is 543 g/mol. The van der Waals surface area contributed by atoms with Gasteiger partial charge in [0.1, 0.15) is 11.2 Å². The maximum atomic E-state index is 6.27. The first-order chi connectivity index (χ1) is 21.3. The van der Waals surface area contributed by atoms with E-state index in [0.717, 1.165) is 44.4 Å². The number of furan rings is 1. The molecule has 43 heavy (non-hydrogen) atoms. The normalized spacial score (nSPS) is 11.7. The minimum atomic E-state index is 0.911. The number of nitrogens with zero attached hydrogens (tertiary/aromatic N) is 1. The lowest BCUT2D eigenvalue weighted by atomic mass is 9.99. The Labute approximate surface area is 252 Å². The summed E-state index contributed by atoms with van der Waals surface area (Å²) in [4.78, 5) is 2.43. The van der Waals surface area contributed by atoms with E-state index in [1.807, 2.05) is 23.5 Å². The van der Waals surface area contributed by atoms with Crippen molar-refractivity contribution in [3.05, 3.63) is 152 Å². The van der Waals surface area contributed by atoms with E-state index in [0.29, 0.717) is 0 Å². The molecule has 9 aromatic rings. The average Bonchev–Trinajstić information content (AvgIpc) is 3.62. The maximum Gasteiger partial charge on any atom is 0.136 e. The first-order valence-electron chi connectivity index (χ1n) is 14.5. The van der Waals surface area contributed by atoms with Crippen molar-refractivity contribution in [2.75, 3.05) is 4.90 Å². The highest BCUT2D eigenvalue weighted by atomic mass is 32.1. The van der Waals surface area contributed by atoms with Gasteiger partial charge in [0.05, 0.1) is 11.4 Å². The molecule has 3 heteroatoms. The third-order valence-electron chi connectivity index (χ3n) is 8.45. The zero-order chi connectivity index (χ0) is 28.3. The molecule has 0 radical (unpaired) electrons. The zero-order valence-corrected chi connectivity index (χ0v) is 24.0. The lowest BCUT2D eigenvalue weighted by molar-refractivity contribution is 0.669. The van der Waals surface area contributed by atoms with Crippen LogP contribution in [0.1, 0.15) is 0 Å². The molecule has 0 fully saturated rings. The Hall–Kier alpha value is -5.38. The Kier molecular flexibility index (Phi) is 5.40. The van der Waals surface area contributed by atoms with Gasteiger partial charge in [-0.2, -0.15) is 0 Å². The van der Waals surface area contributed by atoms with E-state index in [4.69, 9.17) is 4.42 Å². The Morgan fingerprint density at radius 2 is 1.19 bits per heavy atom. The molecule has 2 heterocycles. The first kappa shape index (κ1) is 24.2. The molecule has 202 valence electrons. The van der Waals surface area contributed by atoms with Crippen molar-refractivity contribution >= 4 is 81.3 Å². The molecule has 0 bridgehead atoms. The summed E-state index contributed by atoms with van der Waals surface area (Å²) < 4.78 is 8.86. The van der Waals surface area contributed by atoms with Crippen LogP contribution in [0.4, 0.5) is 17.1 Å². The minimum absolute atomic E-state index is 0.911. The van der Waals surface area contributed by atoms with Crippen molar-refractivity contribution in [1.29, 1.82) is 0 Å². The van der Waals surface area contributed by atoms with Crippen molar-refractivity contribution in [3.63, 3.8) is 0 Å². The van der Waals surface area contributed by atoms with Crippen molar-refractivity contribution in [2.45, 2.75) is 0 Å². The first-order valence-corrected chi connectivity index (χ1v) is 15.3. The van der Waals surface area contributed by atoms with Crippen LogP contribution in [0, 0.1) is 0 Å². The number of benzene rings is 7. The molecule has 9 rings (SSSR count). The van der Waals surface area contributed by atoms with Crippen LogP contribution in [0.25, 0.3) is 64.0 Å². The van der Waals surface area contributed by atoms with Gasteiger partial charge in [-0.15, -0.1) is 11.3 Å². The Morgan fingerprint density at radius 3 is 2.12 bits per heavy atom. The number of fused-ring (bicyclic) bond motifs is 7. The van der Waals surface area contributed by atoms with Gasteiger partial charge in [-0.1, -0.05) is 103 Å². The number of para-hydroxylation sites is 2. The Bertz CT molecular complexity index is 2470. The van der Waals surface area contributed by atoms with Gasteiger partial charge in [0.2, 0.25) is 0 Å². The highest BCUT2D eigenvalue weighted by molar-refractivity contribution is 7.25. The largest absolute Gasteiger partial charge is 0.456 e. The fraction of sp³-hybridized carbons (Fsp3) is 0. The van der Waals surface area contributed by atoms with Crippen molar-refractivity contribution < 1.29 is 4.42 Å². The van der Waals surface area contributed by atoms with Crippen LogP contribution in [0.5, 0.6) is 0 Å². The molecule has 0 N–H and O–H groups in total. The number of hydrogen-bond acceptors (Lipinski definition) is 3. The molecule has 0 aliphatic rings. The van der Waals surface area contributed by atoms with Gasteiger partial charge in [-0.05, 0) is 59.5 Å². The van der Waals surface area contributed by atoms with Crippen LogP contribution in [0.15, 0.2) is 156 Å². The quantitative estimate of drug-likeness (QED) is 0.210. The molecule has 0 atom stereocenters. The number of hydrogen-bond donors (Lipinski definition) is 0. The molecule has 2 aromatic heterocycles. The molecule has 0 aliphatic carbocycles. The Morgan fingerprint density at radius 1 is 0.442 bits per heavy atom. The summed E-state index contributed by atoms with van der Waals surface area (Å²) in [5.41, 5.74) is 7.60. The van der Waals surface area contributed by atoms with Crippen LogP contribution in [0.2, 0.25) is 0 Å². The molecule has 7 aromatic carbocycles. The van der Waals surface area contributed by atoms with Crippen molar-refractivity contribution in [1.82, 2.24) is 0 Å². The molecule has 0 amide bonds. The molecular formula is C40H25NOS. The highest BCUT2D eigenvalue weighted by Crippen LogP contribution is 2.46. The van der Waals surface area contributed by atoms with Gasteiger partial charge in [0.25, 0.3) is 0 Å². The van der Waals surface area contributed by atoms with E-state index in [1.54, 1.807) is 0 Å². The van der Waals surface area contributed by atoms with E-state index in [2.05, 4.69) is 144 Å². The zero-order valence-electron chi connectivity index (χ0n) is 23.2. The second-order valence-corrected chi connectivity index (χ2v) is 12.0. The third-order valence-corrected chi connectivity index (χ3v) is 9.58. The van der Waals surface area contributed by atoms with Crippen molar-refractivity contribution in [3.8, 4) is 11.1 Å². The number of rotatable bonds is 4. The van der Waals surface area contributed by atoms with E-state index >= 15 is 0 Å². The molecule has 0 saturated heterocycles. The minimum Gasteiger partial charge on any atom is -0.456 e. The summed E-state index contributed by atoms with van der Waals surface area (Å²) in [5, 5.41) is 7.20. The van der Waals surface area contributed by atoms with Gasteiger partial charge < -0.3 is 9.32 Å². The maximum absolute atomic E-state index is 6.27. The third kappa shape index (κ3) is 3.86. The molecule has 2 nitrogen and oxygen atoms in total. The predicted molar refractivity (Wildman–Crippen MR) is 184 cm³/mol. The predicted octanol–water partition coefficient (Wildman–Crippen LogP) is 12.2. The van der Waals surface area contributed by atoms with Gasteiger partial charge in [-0.25, -0.2) is 0 Å². The molecule has 0 aliphatic heterocycles. The second kappa shape index (κ2) is 9.59. The standard InChI is InChI=1S/C40H25NOS/c1-2-11-26(12-3-1)29-14-4-7-17-35(29)41(28-21-22-32-31-16-6-9-20-39(31)43-40(32)24-28)36-18-10-13-27-23-38-34(25-33(27)36)30-15-5-8-19-37(30)42-38/h1-25H. The van der Waals surface area contributed by atoms with E-state index in [9.17, 15) is 0 Å². The monoisotopic (exact) mass is 567 g/mol. The van der Waals surface area contributed by atoms with Gasteiger partial charge in [0, 0.05) is 47.6 Å². The fourth-order valence-electron chi connectivity index (χ4n) is 6.47. The van der Waals surface area contributed by atoms with E-state index in [1.165, 1.54) is 36.7 Å². The van der Waals surface area contributed by atoms with Crippen LogP contribution >= 0.6 is 11.3 Å². The Balaban J connectivity index is 1.35. The lowest BCUT2D eigenvalue weighted by Gasteiger charge is -2.29. The van der Waals surface area contributed by atoms with Gasteiger partial charge >= 0.3 is 0 Å². The summed E-state index contributed by atoms with van der Waals surface area (Å²) in [6.45, 7) is 0. The van der Waals surface area contributed by atoms with Gasteiger partial charge in [-0.3, -0.25) is 0 Å². The van der Waals surface area contributed by atoms with Crippen LogP contribution in [0.3, 0.4) is 0 Å². The lowest BCUT2D eigenvalue weighted by Crippen LogP contribution is -2.11.